The molecule has 1 aliphatic rings. The van der Waals surface area contributed by atoms with Gasteiger partial charge in [0.15, 0.2) is 0 Å². The summed E-state index contributed by atoms with van der Waals surface area (Å²) in [4.78, 5) is 2.35. The first-order chi connectivity index (χ1) is 8.44. The molecule has 2 nitrogen and oxygen atoms in total. The number of hydrogen-bond acceptors (Lipinski definition) is 2. The van der Waals surface area contributed by atoms with Crippen molar-refractivity contribution in [2.75, 3.05) is 18.0 Å². The number of halogens is 2. The minimum absolute atomic E-state index is 0.0775. The van der Waals surface area contributed by atoms with Crippen molar-refractivity contribution >= 4 is 28.9 Å². The fourth-order valence-electron chi connectivity index (χ4n) is 2.50. The van der Waals surface area contributed by atoms with Crippen LogP contribution in [0.4, 0.5) is 5.69 Å². The molecule has 0 aliphatic carbocycles. The monoisotopic (exact) mass is 286 g/mol. The third kappa shape index (κ3) is 2.76. The third-order valence-corrected chi connectivity index (χ3v) is 4.13. The smallest absolute Gasteiger partial charge is 0.0748 e. The lowest BCUT2D eigenvalue weighted by Gasteiger charge is -2.46. The van der Waals surface area contributed by atoms with Crippen molar-refractivity contribution in [1.82, 2.24) is 5.32 Å². The summed E-state index contributed by atoms with van der Waals surface area (Å²) in [6, 6.07) is 6.15. The zero-order chi connectivity index (χ0) is 13.3. The van der Waals surface area contributed by atoms with E-state index in [1.165, 1.54) is 0 Å². The van der Waals surface area contributed by atoms with Crippen molar-refractivity contribution in [3.05, 3.63) is 28.2 Å². The van der Waals surface area contributed by atoms with E-state index in [2.05, 4.69) is 31.0 Å². The second-order valence-corrected chi connectivity index (χ2v) is 6.34. The molecule has 1 unspecified atom stereocenters. The van der Waals surface area contributed by atoms with Crippen LogP contribution in [0.1, 0.15) is 27.2 Å². The highest BCUT2D eigenvalue weighted by Crippen LogP contribution is 2.37. The second-order valence-electron chi connectivity index (χ2n) is 5.53. The Morgan fingerprint density at radius 2 is 1.94 bits per heavy atom. The van der Waals surface area contributed by atoms with Crippen molar-refractivity contribution in [2.45, 2.75) is 38.8 Å². The lowest BCUT2D eigenvalue weighted by molar-refractivity contribution is 0.306. The highest BCUT2D eigenvalue weighted by molar-refractivity contribution is 6.39. The molecule has 1 aliphatic heterocycles. The van der Waals surface area contributed by atoms with Gasteiger partial charge in [-0.15, -0.1) is 0 Å². The molecule has 1 saturated heterocycles. The van der Waals surface area contributed by atoms with Crippen LogP contribution in [0.3, 0.4) is 0 Å². The van der Waals surface area contributed by atoms with E-state index in [4.69, 9.17) is 23.2 Å². The molecule has 0 amide bonds. The summed E-state index contributed by atoms with van der Waals surface area (Å²) in [7, 11) is 0. The summed E-state index contributed by atoms with van der Waals surface area (Å²) in [5, 5.41) is 5.04. The summed E-state index contributed by atoms with van der Waals surface area (Å²) in [6.07, 6.45) is 1.07. The SMILES string of the molecule is CCC1CNC(C)(C)CN1c1c(Cl)cccc1Cl. The Labute approximate surface area is 119 Å². The van der Waals surface area contributed by atoms with Crippen molar-refractivity contribution in [1.29, 1.82) is 0 Å². The maximum Gasteiger partial charge on any atom is 0.0748 e. The van der Waals surface area contributed by atoms with Gasteiger partial charge in [-0.1, -0.05) is 36.2 Å². The van der Waals surface area contributed by atoms with Crippen molar-refractivity contribution in [3.63, 3.8) is 0 Å². The zero-order valence-electron chi connectivity index (χ0n) is 11.1. The number of anilines is 1. The van der Waals surface area contributed by atoms with Crippen LogP contribution in [-0.2, 0) is 0 Å². The van der Waals surface area contributed by atoms with Gasteiger partial charge in [-0.2, -0.15) is 0 Å². The number of para-hydroxylation sites is 1. The maximum absolute atomic E-state index is 6.33. The van der Waals surface area contributed by atoms with E-state index in [1.807, 2.05) is 18.2 Å². The van der Waals surface area contributed by atoms with E-state index in [0.717, 1.165) is 35.2 Å². The molecule has 4 heteroatoms. The minimum Gasteiger partial charge on any atom is -0.363 e. The molecule has 0 spiro atoms. The Balaban J connectivity index is 2.39. The first kappa shape index (κ1) is 14.0. The van der Waals surface area contributed by atoms with Crippen LogP contribution in [0.15, 0.2) is 18.2 Å². The number of hydrogen-bond donors (Lipinski definition) is 1. The van der Waals surface area contributed by atoms with Crippen molar-refractivity contribution < 1.29 is 0 Å². The van der Waals surface area contributed by atoms with Crippen LogP contribution in [0.2, 0.25) is 10.0 Å². The number of rotatable bonds is 2. The molecular formula is C14H20Cl2N2. The summed E-state index contributed by atoms with van der Waals surface area (Å²) in [5.41, 5.74) is 1.05. The fraction of sp³-hybridized carbons (Fsp3) is 0.571. The van der Waals surface area contributed by atoms with Crippen LogP contribution in [0.5, 0.6) is 0 Å². The molecule has 2 rings (SSSR count). The Morgan fingerprint density at radius 3 is 2.50 bits per heavy atom. The molecule has 1 atom stereocenters. The molecule has 0 bridgehead atoms. The molecule has 100 valence electrons. The van der Waals surface area contributed by atoms with Gasteiger partial charge in [-0.3, -0.25) is 0 Å². The largest absolute Gasteiger partial charge is 0.363 e. The standard InChI is InChI=1S/C14H20Cl2N2/c1-4-10-8-17-14(2,3)9-18(10)13-11(15)6-5-7-12(13)16/h5-7,10,17H,4,8-9H2,1-3H3. The molecule has 1 aromatic carbocycles. The van der Waals surface area contributed by atoms with Crippen molar-refractivity contribution in [2.24, 2.45) is 0 Å². The van der Waals surface area contributed by atoms with E-state index < -0.39 is 0 Å². The minimum atomic E-state index is 0.0775. The molecule has 18 heavy (non-hydrogen) atoms. The molecule has 1 aromatic rings. The molecule has 1 heterocycles. The third-order valence-electron chi connectivity index (χ3n) is 3.52. The predicted molar refractivity (Wildman–Crippen MR) is 80.0 cm³/mol. The average Bonchev–Trinajstić information content (AvgIpc) is 2.28. The Bertz CT molecular complexity index is 412. The molecule has 1 N–H and O–H groups in total. The number of piperazine rings is 1. The lowest BCUT2D eigenvalue weighted by atomic mass is 9.97. The van der Waals surface area contributed by atoms with Gasteiger partial charge in [0.05, 0.1) is 15.7 Å². The molecule has 0 saturated carbocycles. The molecule has 0 aromatic heterocycles. The van der Waals surface area contributed by atoms with Gasteiger partial charge in [0, 0.05) is 24.7 Å². The van der Waals surface area contributed by atoms with Gasteiger partial charge in [-0.05, 0) is 32.4 Å². The molecule has 1 fully saturated rings. The number of nitrogens with zero attached hydrogens (tertiary/aromatic N) is 1. The van der Waals surface area contributed by atoms with Crippen LogP contribution >= 0.6 is 23.2 Å². The maximum atomic E-state index is 6.33. The lowest BCUT2D eigenvalue weighted by Crippen LogP contribution is -2.61. The molecular weight excluding hydrogens is 267 g/mol. The van der Waals surface area contributed by atoms with E-state index in [0.29, 0.717) is 6.04 Å². The topological polar surface area (TPSA) is 15.3 Å². The van der Waals surface area contributed by atoms with Crippen LogP contribution in [0, 0.1) is 0 Å². The number of benzene rings is 1. The van der Waals surface area contributed by atoms with Gasteiger partial charge in [-0.25, -0.2) is 0 Å². The quantitative estimate of drug-likeness (QED) is 0.885. The summed E-state index contributed by atoms with van der Waals surface area (Å²) < 4.78 is 0. The van der Waals surface area contributed by atoms with Gasteiger partial charge >= 0.3 is 0 Å². The normalized spacial score (nSPS) is 23.2. The Kier molecular flexibility index (Phi) is 4.10. The van der Waals surface area contributed by atoms with Gasteiger partial charge in [0.25, 0.3) is 0 Å². The summed E-state index contributed by atoms with van der Waals surface area (Å²) in [6.45, 7) is 8.48. The zero-order valence-corrected chi connectivity index (χ0v) is 12.6. The summed E-state index contributed by atoms with van der Waals surface area (Å²) >= 11 is 12.7. The highest BCUT2D eigenvalue weighted by Gasteiger charge is 2.33. The van der Waals surface area contributed by atoms with Gasteiger partial charge < -0.3 is 10.2 Å². The van der Waals surface area contributed by atoms with Crippen LogP contribution < -0.4 is 10.2 Å². The summed E-state index contributed by atoms with van der Waals surface area (Å²) in [5.74, 6) is 0. The molecule has 0 radical (unpaired) electrons. The highest BCUT2D eigenvalue weighted by atomic mass is 35.5. The van der Waals surface area contributed by atoms with E-state index >= 15 is 0 Å². The number of nitrogens with one attached hydrogen (secondary N) is 1. The Hall–Kier alpha value is -0.440. The van der Waals surface area contributed by atoms with E-state index in [9.17, 15) is 0 Å². The first-order valence-electron chi connectivity index (χ1n) is 6.40. The van der Waals surface area contributed by atoms with Crippen molar-refractivity contribution in [3.8, 4) is 0 Å². The van der Waals surface area contributed by atoms with E-state index in [1.54, 1.807) is 0 Å². The predicted octanol–water partition coefficient (Wildman–Crippen LogP) is 3.96. The van der Waals surface area contributed by atoms with Gasteiger partial charge in [0.1, 0.15) is 0 Å². The fourth-order valence-corrected chi connectivity index (χ4v) is 3.12. The first-order valence-corrected chi connectivity index (χ1v) is 7.16. The van der Waals surface area contributed by atoms with Crippen LogP contribution in [0.25, 0.3) is 0 Å². The second kappa shape index (κ2) is 5.28. The van der Waals surface area contributed by atoms with Gasteiger partial charge in [0.2, 0.25) is 0 Å². The van der Waals surface area contributed by atoms with E-state index in [-0.39, 0.29) is 5.54 Å². The average molecular weight is 287 g/mol. The Morgan fingerprint density at radius 1 is 1.33 bits per heavy atom. The van der Waals surface area contributed by atoms with Crippen LogP contribution in [-0.4, -0.2) is 24.7 Å².